The second-order valence-electron chi connectivity index (χ2n) is 8.65. The van der Waals surface area contributed by atoms with Gasteiger partial charge in [-0.15, -0.1) is 0 Å². The Bertz CT molecular complexity index is 727. The fourth-order valence-corrected chi connectivity index (χ4v) is 5.19. The number of hydrogen-bond donors (Lipinski definition) is 1. The van der Waals surface area contributed by atoms with Crippen molar-refractivity contribution in [1.29, 1.82) is 0 Å². The number of amides is 1. The lowest BCUT2D eigenvalue weighted by Crippen LogP contribution is -2.43. The van der Waals surface area contributed by atoms with E-state index in [-0.39, 0.29) is 11.8 Å². The van der Waals surface area contributed by atoms with Gasteiger partial charge in [-0.3, -0.25) is 14.5 Å². The minimum Gasteiger partial charge on any atom is -0.481 e. The molecule has 4 rings (SSSR count). The zero-order valence-electron chi connectivity index (χ0n) is 16.2. The lowest BCUT2D eigenvalue weighted by atomic mass is 9.81. The van der Waals surface area contributed by atoms with E-state index in [0.717, 1.165) is 12.2 Å². The molecule has 1 amide bonds. The Kier molecular flexibility index (Phi) is 4.62. The highest BCUT2D eigenvalue weighted by atomic mass is 16.4. The molecule has 1 aromatic carbocycles. The first-order valence-corrected chi connectivity index (χ1v) is 9.95. The van der Waals surface area contributed by atoms with Crippen LogP contribution in [0.4, 0.5) is 5.69 Å². The minimum absolute atomic E-state index is 0.0283. The average Bonchev–Trinajstić information content (AvgIpc) is 3.35. The molecule has 3 aliphatic rings. The number of carbonyl (C=O) groups excluding carboxylic acids is 1. The fourth-order valence-electron chi connectivity index (χ4n) is 5.19. The van der Waals surface area contributed by atoms with E-state index in [1.165, 1.54) is 25.7 Å². The third kappa shape index (κ3) is 3.10. The van der Waals surface area contributed by atoms with E-state index in [9.17, 15) is 14.7 Å². The zero-order valence-corrected chi connectivity index (χ0v) is 16.2. The molecule has 0 radical (unpaired) electrons. The Hall–Kier alpha value is -2.08. The van der Waals surface area contributed by atoms with Crippen molar-refractivity contribution in [3.05, 3.63) is 29.8 Å². The average molecular weight is 371 g/mol. The molecule has 0 spiro atoms. The molecule has 2 aliphatic heterocycles. The Labute approximate surface area is 160 Å². The number of likely N-dealkylation sites (tertiary alicyclic amines) is 2. The SMILES string of the molecule is CN(C)c1ccc(C(=O)N2CC3CN(C4CCCC4)C[C@]3(C(=O)O)C2)cc1. The maximum atomic E-state index is 13.0. The van der Waals surface area contributed by atoms with E-state index in [0.29, 0.717) is 31.2 Å². The Morgan fingerprint density at radius 2 is 1.74 bits per heavy atom. The summed E-state index contributed by atoms with van der Waals surface area (Å²) in [6.07, 6.45) is 4.87. The summed E-state index contributed by atoms with van der Waals surface area (Å²) in [4.78, 5) is 31.3. The van der Waals surface area contributed by atoms with Crippen LogP contribution in [0, 0.1) is 11.3 Å². The van der Waals surface area contributed by atoms with Crippen LogP contribution in [0.15, 0.2) is 24.3 Å². The van der Waals surface area contributed by atoms with E-state index in [1.54, 1.807) is 4.90 Å². The van der Waals surface area contributed by atoms with Crippen LogP contribution in [0.1, 0.15) is 36.0 Å². The van der Waals surface area contributed by atoms with Crippen LogP contribution in [0.2, 0.25) is 0 Å². The van der Waals surface area contributed by atoms with E-state index < -0.39 is 11.4 Å². The van der Waals surface area contributed by atoms with Crippen LogP contribution in [-0.2, 0) is 4.79 Å². The number of carboxylic acids is 1. The zero-order chi connectivity index (χ0) is 19.2. The van der Waals surface area contributed by atoms with Crippen molar-refractivity contribution in [3.8, 4) is 0 Å². The van der Waals surface area contributed by atoms with Gasteiger partial charge in [0.15, 0.2) is 0 Å². The molecule has 2 atom stereocenters. The number of rotatable bonds is 4. The fraction of sp³-hybridized carbons (Fsp3) is 0.619. The number of anilines is 1. The highest BCUT2D eigenvalue weighted by Crippen LogP contribution is 2.45. The van der Waals surface area contributed by atoms with Crippen molar-refractivity contribution < 1.29 is 14.7 Å². The molecule has 3 fully saturated rings. The van der Waals surface area contributed by atoms with E-state index >= 15 is 0 Å². The number of fused-ring (bicyclic) bond motifs is 1. The summed E-state index contributed by atoms with van der Waals surface area (Å²) >= 11 is 0. The summed E-state index contributed by atoms with van der Waals surface area (Å²) in [6.45, 7) is 2.26. The monoisotopic (exact) mass is 371 g/mol. The van der Waals surface area contributed by atoms with E-state index in [1.807, 2.05) is 43.3 Å². The number of hydrogen-bond acceptors (Lipinski definition) is 4. The second kappa shape index (κ2) is 6.82. The highest BCUT2D eigenvalue weighted by molar-refractivity contribution is 5.95. The summed E-state index contributed by atoms with van der Waals surface area (Å²) in [5.74, 6) is -0.769. The molecule has 0 bridgehead atoms. The largest absolute Gasteiger partial charge is 0.481 e. The molecule has 1 N–H and O–H groups in total. The minimum atomic E-state index is -0.804. The van der Waals surface area contributed by atoms with Crippen LogP contribution in [-0.4, -0.2) is 73.1 Å². The molecule has 2 saturated heterocycles. The first kappa shape index (κ1) is 18.3. The maximum absolute atomic E-state index is 13.0. The summed E-state index contributed by atoms with van der Waals surface area (Å²) in [6, 6.07) is 8.07. The van der Waals surface area contributed by atoms with Crippen LogP contribution >= 0.6 is 0 Å². The van der Waals surface area contributed by atoms with Gasteiger partial charge in [-0.1, -0.05) is 12.8 Å². The molecule has 1 saturated carbocycles. The van der Waals surface area contributed by atoms with Gasteiger partial charge < -0.3 is 14.9 Å². The smallest absolute Gasteiger partial charge is 0.313 e. The first-order chi connectivity index (χ1) is 12.9. The van der Waals surface area contributed by atoms with Crippen molar-refractivity contribution in [2.24, 2.45) is 11.3 Å². The van der Waals surface area contributed by atoms with Crippen molar-refractivity contribution in [3.63, 3.8) is 0 Å². The van der Waals surface area contributed by atoms with Gasteiger partial charge in [0.2, 0.25) is 0 Å². The van der Waals surface area contributed by atoms with Gasteiger partial charge in [0.25, 0.3) is 5.91 Å². The van der Waals surface area contributed by atoms with Gasteiger partial charge in [0, 0.05) is 63.5 Å². The number of carbonyl (C=O) groups is 2. The van der Waals surface area contributed by atoms with Gasteiger partial charge in [0.05, 0.1) is 0 Å². The van der Waals surface area contributed by atoms with Crippen LogP contribution < -0.4 is 4.90 Å². The van der Waals surface area contributed by atoms with Gasteiger partial charge in [-0.05, 0) is 37.1 Å². The van der Waals surface area contributed by atoms with Crippen LogP contribution in [0.25, 0.3) is 0 Å². The Morgan fingerprint density at radius 1 is 1.07 bits per heavy atom. The third-order valence-electron chi connectivity index (χ3n) is 6.82. The van der Waals surface area contributed by atoms with Gasteiger partial charge in [-0.25, -0.2) is 0 Å². The Balaban J connectivity index is 1.49. The van der Waals surface area contributed by atoms with Crippen molar-refractivity contribution in [1.82, 2.24) is 9.80 Å². The van der Waals surface area contributed by atoms with Crippen LogP contribution in [0.5, 0.6) is 0 Å². The normalized spacial score (nSPS) is 28.5. The molecule has 6 heteroatoms. The standard InChI is InChI=1S/C21H29N3O3/c1-22(2)17-9-7-15(8-10-17)19(25)24-12-16-11-23(18-5-3-4-6-18)13-21(16,14-24)20(26)27/h7-10,16,18H,3-6,11-14H2,1-2H3,(H,26,27)/t16?,21-/m0/s1. The maximum Gasteiger partial charge on any atom is 0.313 e. The highest BCUT2D eigenvalue weighted by Gasteiger charge is 2.59. The number of benzene rings is 1. The number of carboxylic acid groups (broad SMARTS) is 1. The molecule has 2 heterocycles. The molecule has 0 aromatic heterocycles. The molecular weight excluding hydrogens is 342 g/mol. The second-order valence-corrected chi connectivity index (χ2v) is 8.65. The lowest BCUT2D eigenvalue weighted by molar-refractivity contribution is -0.148. The van der Waals surface area contributed by atoms with Gasteiger partial charge >= 0.3 is 5.97 Å². The van der Waals surface area contributed by atoms with Crippen LogP contribution in [0.3, 0.4) is 0 Å². The van der Waals surface area contributed by atoms with Crippen molar-refractivity contribution in [2.75, 3.05) is 45.2 Å². The third-order valence-corrected chi connectivity index (χ3v) is 6.82. The summed E-state index contributed by atoms with van der Waals surface area (Å²) in [7, 11) is 3.93. The molecule has 1 aromatic rings. The number of aliphatic carboxylic acids is 1. The molecular formula is C21H29N3O3. The number of nitrogens with zero attached hydrogens (tertiary/aromatic N) is 3. The van der Waals surface area contributed by atoms with Crippen molar-refractivity contribution in [2.45, 2.75) is 31.7 Å². The van der Waals surface area contributed by atoms with E-state index in [2.05, 4.69) is 4.90 Å². The summed E-state index contributed by atoms with van der Waals surface area (Å²) < 4.78 is 0. The van der Waals surface area contributed by atoms with E-state index in [4.69, 9.17) is 0 Å². The first-order valence-electron chi connectivity index (χ1n) is 9.95. The topological polar surface area (TPSA) is 64.1 Å². The lowest BCUT2D eigenvalue weighted by Gasteiger charge is -2.28. The predicted octanol–water partition coefficient (Wildman–Crippen LogP) is 2.15. The van der Waals surface area contributed by atoms with Gasteiger partial charge in [0.1, 0.15) is 5.41 Å². The molecule has 146 valence electrons. The molecule has 27 heavy (non-hydrogen) atoms. The molecule has 1 aliphatic carbocycles. The quantitative estimate of drug-likeness (QED) is 0.879. The molecule has 6 nitrogen and oxygen atoms in total. The summed E-state index contributed by atoms with van der Waals surface area (Å²) in [5, 5.41) is 10.0. The predicted molar refractivity (Wildman–Crippen MR) is 104 cm³/mol. The van der Waals surface area contributed by atoms with Gasteiger partial charge in [-0.2, -0.15) is 0 Å². The molecule has 1 unspecified atom stereocenters. The van der Waals surface area contributed by atoms with Crippen molar-refractivity contribution >= 4 is 17.6 Å². The Morgan fingerprint density at radius 3 is 2.30 bits per heavy atom. The summed E-state index contributed by atoms with van der Waals surface area (Å²) in [5.41, 5.74) is 0.870.